The molecule has 4 rings (SSSR count). The Morgan fingerprint density at radius 2 is 1.76 bits per heavy atom. The second-order valence-corrected chi connectivity index (χ2v) is 7.92. The van der Waals surface area contributed by atoms with E-state index in [2.05, 4.69) is 15.7 Å². The zero-order chi connectivity index (χ0) is 23.8. The van der Waals surface area contributed by atoms with Gasteiger partial charge in [0.05, 0.1) is 25.1 Å². The van der Waals surface area contributed by atoms with Gasteiger partial charge in [0.25, 0.3) is 5.91 Å². The molecule has 34 heavy (non-hydrogen) atoms. The highest BCUT2D eigenvalue weighted by Crippen LogP contribution is 2.15. The number of hydrazone groups is 1. The minimum absolute atomic E-state index is 0.0782. The van der Waals surface area contributed by atoms with Crippen molar-refractivity contribution >= 4 is 23.4 Å². The van der Waals surface area contributed by atoms with Gasteiger partial charge in [0.1, 0.15) is 5.76 Å². The quantitative estimate of drug-likeness (QED) is 0.514. The van der Waals surface area contributed by atoms with Gasteiger partial charge in [-0.05, 0) is 35.4 Å². The minimum Gasteiger partial charge on any atom is -0.467 e. The van der Waals surface area contributed by atoms with Crippen LogP contribution in [-0.2, 0) is 22.7 Å². The number of nitrogens with one attached hydrogen (secondary N) is 2. The van der Waals surface area contributed by atoms with Gasteiger partial charge in [0.2, 0.25) is 11.8 Å². The molecule has 8 heteroatoms. The van der Waals surface area contributed by atoms with Gasteiger partial charge in [-0.15, -0.1) is 0 Å². The van der Waals surface area contributed by atoms with Crippen molar-refractivity contribution in [3.05, 3.63) is 95.4 Å². The van der Waals surface area contributed by atoms with Crippen LogP contribution in [0.4, 0.5) is 0 Å². The molecule has 174 valence electrons. The van der Waals surface area contributed by atoms with Gasteiger partial charge < -0.3 is 15.1 Å². The second-order valence-electron chi connectivity index (χ2n) is 7.92. The van der Waals surface area contributed by atoms with E-state index < -0.39 is 0 Å². The Hall–Kier alpha value is -4.20. The summed E-state index contributed by atoms with van der Waals surface area (Å²) in [5, 5.41) is 11.5. The summed E-state index contributed by atoms with van der Waals surface area (Å²) < 4.78 is 5.21. The Morgan fingerprint density at radius 3 is 2.56 bits per heavy atom. The SMILES string of the molecule is O=C(CCC(=O)N1CCC(c2ccccc2)=N1)NCc1cccc(C(=O)NCc2ccco2)c1. The van der Waals surface area contributed by atoms with Crippen molar-refractivity contribution < 1.29 is 18.8 Å². The van der Waals surface area contributed by atoms with Gasteiger partial charge in [-0.2, -0.15) is 5.10 Å². The number of hydrogen-bond acceptors (Lipinski definition) is 5. The molecular formula is C26H26N4O4. The Bertz CT molecular complexity index is 1170. The third kappa shape index (κ3) is 6.19. The van der Waals surface area contributed by atoms with Gasteiger partial charge in [-0.3, -0.25) is 14.4 Å². The monoisotopic (exact) mass is 458 g/mol. The summed E-state index contributed by atoms with van der Waals surface area (Å²) in [5.74, 6) is 0.0437. The lowest BCUT2D eigenvalue weighted by Crippen LogP contribution is -2.27. The summed E-state index contributed by atoms with van der Waals surface area (Å²) in [6.07, 6.45) is 2.42. The highest BCUT2D eigenvalue weighted by atomic mass is 16.3. The predicted molar refractivity (Wildman–Crippen MR) is 127 cm³/mol. The normalized spacial score (nSPS) is 12.8. The van der Waals surface area contributed by atoms with Gasteiger partial charge in [-0.25, -0.2) is 5.01 Å². The maximum atomic E-state index is 12.5. The molecule has 0 spiro atoms. The van der Waals surface area contributed by atoms with E-state index in [0.717, 1.165) is 16.8 Å². The van der Waals surface area contributed by atoms with Gasteiger partial charge in [0.15, 0.2) is 0 Å². The van der Waals surface area contributed by atoms with Crippen molar-refractivity contribution in [2.75, 3.05) is 6.54 Å². The first-order valence-corrected chi connectivity index (χ1v) is 11.2. The van der Waals surface area contributed by atoms with Crippen molar-refractivity contribution in [2.24, 2.45) is 5.10 Å². The van der Waals surface area contributed by atoms with Crippen LogP contribution in [-0.4, -0.2) is 35.0 Å². The highest BCUT2D eigenvalue weighted by molar-refractivity contribution is 6.02. The Labute approximate surface area is 197 Å². The van der Waals surface area contributed by atoms with Crippen LogP contribution in [0.5, 0.6) is 0 Å². The first kappa shape index (κ1) is 23.0. The van der Waals surface area contributed by atoms with E-state index >= 15 is 0 Å². The first-order valence-electron chi connectivity index (χ1n) is 11.2. The first-order chi connectivity index (χ1) is 16.6. The van der Waals surface area contributed by atoms with Crippen molar-refractivity contribution in [3.8, 4) is 0 Å². The zero-order valence-electron chi connectivity index (χ0n) is 18.7. The summed E-state index contributed by atoms with van der Waals surface area (Å²) in [6.45, 7) is 1.10. The predicted octanol–water partition coefficient (Wildman–Crippen LogP) is 3.24. The second kappa shape index (κ2) is 11.1. The van der Waals surface area contributed by atoms with E-state index in [1.807, 2.05) is 36.4 Å². The van der Waals surface area contributed by atoms with Crippen LogP contribution in [0, 0.1) is 0 Å². The molecule has 1 aromatic heterocycles. The van der Waals surface area contributed by atoms with E-state index in [9.17, 15) is 14.4 Å². The van der Waals surface area contributed by atoms with Crippen LogP contribution in [0.25, 0.3) is 0 Å². The topological polar surface area (TPSA) is 104 Å². The van der Waals surface area contributed by atoms with Crippen LogP contribution in [0.2, 0.25) is 0 Å². The third-order valence-corrected chi connectivity index (χ3v) is 5.44. The molecule has 3 amide bonds. The summed E-state index contributed by atoms with van der Waals surface area (Å²) >= 11 is 0. The summed E-state index contributed by atoms with van der Waals surface area (Å²) in [5.41, 5.74) is 3.18. The van der Waals surface area contributed by atoms with E-state index in [4.69, 9.17) is 4.42 Å². The fraction of sp³-hybridized carbons (Fsp3) is 0.231. The molecule has 0 saturated heterocycles. The Kier molecular flexibility index (Phi) is 7.49. The van der Waals surface area contributed by atoms with Gasteiger partial charge >= 0.3 is 0 Å². The zero-order valence-corrected chi connectivity index (χ0v) is 18.7. The van der Waals surface area contributed by atoms with Crippen LogP contribution >= 0.6 is 0 Å². The van der Waals surface area contributed by atoms with Crippen molar-refractivity contribution in [1.82, 2.24) is 15.6 Å². The third-order valence-electron chi connectivity index (χ3n) is 5.44. The fourth-order valence-corrected chi connectivity index (χ4v) is 3.61. The molecule has 2 heterocycles. The molecule has 2 N–H and O–H groups in total. The van der Waals surface area contributed by atoms with E-state index in [1.165, 1.54) is 5.01 Å². The van der Waals surface area contributed by atoms with Crippen molar-refractivity contribution in [3.63, 3.8) is 0 Å². The number of carbonyl (C=O) groups excluding carboxylic acids is 3. The molecule has 1 aliphatic heterocycles. The molecule has 0 atom stereocenters. The molecular weight excluding hydrogens is 432 g/mol. The van der Waals surface area contributed by atoms with Crippen LogP contribution in [0.15, 0.2) is 82.5 Å². The average molecular weight is 459 g/mol. The Morgan fingerprint density at radius 1 is 0.912 bits per heavy atom. The number of benzene rings is 2. The largest absolute Gasteiger partial charge is 0.467 e. The molecule has 8 nitrogen and oxygen atoms in total. The fourth-order valence-electron chi connectivity index (χ4n) is 3.61. The summed E-state index contributed by atoms with van der Waals surface area (Å²) in [7, 11) is 0. The molecule has 0 bridgehead atoms. The molecule has 0 unspecified atom stereocenters. The van der Waals surface area contributed by atoms with E-state index in [-0.39, 0.29) is 37.1 Å². The average Bonchev–Trinajstić information content (AvgIpc) is 3.58. The molecule has 0 radical (unpaired) electrons. The summed E-state index contributed by atoms with van der Waals surface area (Å²) in [4.78, 5) is 37.1. The number of amides is 3. The number of carbonyl (C=O) groups is 3. The summed E-state index contributed by atoms with van der Waals surface area (Å²) in [6, 6.07) is 20.3. The van der Waals surface area contributed by atoms with Crippen LogP contribution in [0.3, 0.4) is 0 Å². The van der Waals surface area contributed by atoms with Crippen molar-refractivity contribution in [2.45, 2.75) is 32.4 Å². The number of furan rings is 1. The standard InChI is InChI=1S/C26H26N4O4/c31-24(11-12-25(32)30-14-13-23(29-30)20-7-2-1-3-8-20)27-17-19-6-4-9-21(16-19)26(33)28-18-22-10-5-15-34-22/h1-10,15-16H,11-14,17-18H2,(H,27,31)(H,28,33). The van der Waals surface area contributed by atoms with Gasteiger partial charge in [0, 0.05) is 31.4 Å². The van der Waals surface area contributed by atoms with Crippen LogP contribution in [0.1, 0.15) is 46.5 Å². The molecule has 2 aromatic carbocycles. The number of hydrogen-bond donors (Lipinski definition) is 2. The van der Waals surface area contributed by atoms with Crippen molar-refractivity contribution in [1.29, 1.82) is 0 Å². The lowest BCUT2D eigenvalue weighted by molar-refractivity contribution is -0.133. The highest BCUT2D eigenvalue weighted by Gasteiger charge is 2.21. The molecule has 0 saturated carbocycles. The van der Waals surface area contributed by atoms with E-state index in [1.54, 1.807) is 36.6 Å². The van der Waals surface area contributed by atoms with Gasteiger partial charge in [-0.1, -0.05) is 42.5 Å². The number of rotatable bonds is 9. The molecule has 3 aromatic rings. The smallest absolute Gasteiger partial charge is 0.251 e. The molecule has 1 aliphatic rings. The minimum atomic E-state index is -0.229. The van der Waals surface area contributed by atoms with E-state index in [0.29, 0.717) is 30.8 Å². The number of nitrogens with zero attached hydrogens (tertiary/aromatic N) is 2. The molecule has 0 aliphatic carbocycles. The Balaban J connectivity index is 1.21. The lowest BCUT2D eigenvalue weighted by Gasteiger charge is -2.11. The molecule has 0 fully saturated rings. The maximum Gasteiger partial charge on any atom is 0.251 e. The maximum absolute atomic E-state index is 12.5. The van der Waals surface area contributed by atoms with Crippen LogP contribution < -0.4 is 10.6 Å². The lowest BCUT2D eigenvalue weighted by atomic mass is 10.1.